The molecule has 2 nitrogen and oxygen atoms in total. The number of alkyl halides is 1. The normalized spacial score (nSPS) is 16.4. The third-order valence-electron chi connectivity index (χ3n) is 0.685. The number of allylic oxidation sites excluding steroid dienone is 1. The van der Waals surface area contributed by atoms with Gasteiger partial charge in [-0.05, 0) is 0 Å². The van der Waals surface area contributed by atoms with E-state index < -0.39 is 0 Å². The molecule has 0 saturated heterocycles. The molecule has 1 heterocycles. The Morgan fingerprint density at radius 3 is 2.75 bits per heavy atom. The maximum Gasteiger partial charge on any atom is 0.149 e. The molecule has 0 saturated carbocycles. The Balaban J connectivity index is 2.43. The quantitative estimate of drug-likeness (QED) is 0.568. The third kappa shape index (κ3) is 1.26. The van der Waals surface area contributed by atoms with E-state index in [2.05, 4.69) is 15.9 Å². The fourth-order valence-corrected chi connectivity index (χ4v) is 0.618. The maximum absolute atomic E-state index is 4.94. The molecule has 0 bridgehead atoms. The van der Waals surface area contributed by atoms with E-state index in [0.29, 0.717) is 5.33 Å². The van der Waals surface area contributed by atoms with Gasteiger partial charge in [0.2, 0.25) is 0 Å². The van der Waals surface area contributed by atoms with Gasteiger partial charge in [-0.3, -0.25) is 0 Å². The highest BCUT2D eigenvalue weighted by Gasteiger charge is 1.95. The molecule has 0 aromatic rings. The van der Waals surface area contributed by atoms with Gasteiger partial charge in [-0.1, -0.05) is 15.9 Å². The molecule has 0 amide bonds. The van der Waals surface area contributed by atoms with Crippen LogP contribution in [-0.2, 0) is 9.47 Å². The highest BCUT2D eigenvalue weighted by molar-refractivity contribution is 9.09. The van der Waals surface area contributed by atoms with E-state index >= 15 is 0 Å². The number of rotatable bonds is 1. The minimum absolute atomic E-state index is 0.692. The number of hydrogen-bond acceptors (Lipinski definition) is 2. The lowest BCUT2D eigenvalue weighted by atomic mass is 10.6. The maximum atomic E-state index is 4.94. The van der Waals surface area contributed by atoms with E-state index in [0.717, 1.165) is 5.76 Å². The zero-order valence-electron chi connectivity index (χ0n) is 4.13. The lowest BCUT2D eigenvalue weighted by Crippen LogP contribution is -1.91. The van der Waals surface area contributed by atoms with Crippen molar-refractivity contribution in [1.29, 1.82) is 0 Å². The smallest absolute Gasteiger partial charge is 0.149 e. The summed E-state index contributed by atoms with van der Waals surface area (Å²) >= 11 is 3.20. The number of hydrogen-bond donors (Lipinski definition) is 0. The van der Waals surface area contributed by atoms with E-state index in [-0.39, 0.29) is 0 Å². The zero-order valence-corrected chi connectivity index (χ0v) is 5.72. The first-order valence-electron chi connectivity index (χ1n) is 2.15. The summed E-state index contributed by atoms with van der Waals surface area (Å²) in [5.41, 5.74) is 0. The lowest BCUT2D eigenvalue weighted by molar-refractivity contribution is 0.261. The molecule has 0 unspecified atom stereocenters. The Morgan fingerprint density at radius 2 is 2.38 bits per heavy atom. The van der Waals surface area contributed by atoms with Crippen molar-refractivity contribution in [2.75, 3.05) is 5.33 Å². The summed E-state index contributed by atoms with van der Waals surface area (Å²) in [5.74, 6) is 0.785. The first kappa shape index (κ1) is 5.69. The molecule has 0 atom stereocenters. The monoisotopic (exact) mass is 176 g/mol. The molecule has 0 N–H and O–H groups in total. The second kappa shape index (κ2) is 2.77. The minimum atomic E-state index is 0.692. The molecule has 0 fully saturated rings. The van der Waals surface area contributed by atoms with Crippen molar-refractivity contribution >= 4 is 15.9 Å². The van der Waals surface area contributed by atoms with Crippen molar-refractivity contribution in [2.24, 2.45) is 0 Å². The minimum Gasteiger partial charge on any atom is -0.466 e. The summed E-state index contributed by atoms with van der Waals surface area (Å²) in [6, 6.07) is 0. The summed E-state index contributed by atoms with van der Waals surface area (Å²) in [7, 11) is 0. The van der Waals surface area contributed by atoms with E-state index in [1.54, 1.807) is 6.26 Å². The second-order valence-corrected chi connectivity index (χ2v) is 1.80. The van der Waals surface area contributed by atoms with Crippen molar-refractivity contribution in [1.82, 2.24) is 0 Å². The molecule has 3 heteroatoms. The van der Waals surface area contributed by atoms with Gasteiger partial charge >= 0.3 is 0 Å². The Labute approximate surface area is 55.9 Å². The predicted molar refractivity (Wildman–Crippen MR) is 33.2 cm³/mol. The van der Waals surface area contributed by atoms with E-state index in [1.165, 1.54) is 12.5 Å². The van der Waals surface area contributed by atoms with Crippen molar-refractivity contribution in [3.8, 4) is 0 Å². The lowest BCUT2D eigenvalue weighted by Gasteiger charge is -2.04. The SMILES string of the molecule is BrCC1=COC=CO1. The summed E-state index contributed by atoms with van der Waals surface area (Å²) in [6.45, 7) is 0. The van der Waals surface area contributed by atoms with Gasteiger partial charge < -0.3 is 9.47 Å². The Bertz CT molecular complexity index is 128. The van der Waals surface area contributed by atoms with Crippen LogP contribution < -0.4 is 0 Å². The fraction of sp³-hybridized carbons (Fsp3) is 0.200. The van der Waals surface area contributed by atoms with Crippen LogP contribution in [0.2, 0.25) is 0 Å². The molecule has 0 spiro atoms. The van der Waals surface area contributed by atoms with Gasteiger partial charge in [-0.25, -0.2) is 0 Å². The van der Waals surface area contributed by atoms with Crippen LogP contribution in [0.3, 0.4) is 0 Å². The van der Waals surface area contributed by atoms with E-state index in [4.69, 9.17) is 9.47 Å². The summed E-state index contributed by atoms with van der Waals surface area (Å²) in [6.07, 6.45) is 4.53. The summed E-state index contributed by atoms with van der Waals surface area (Å²) < 4.78 is 9.71. The topological polar surface area (TPSA) is 18.5 Å². The van der Waals surface area contributed by atoms with Gasteiger partial charge in [0.1, 0.15) is 24.5 Å². The van der Waals surface area contributed by atoms with Gasteiger partial charge in [-0.2, -0.15) is 0 Å². The van der Waals surface area contributed by atoms with Crippen LogP contribution in [0.15, 0.2) is 24.5 Å². The Kier molecular flexibility index (Phi) is 1.97. The largest absolute Gasteiger partial charge is 0.466 e. The third-order valence-corrected chi connectivity index (χ3v) is 1.24. The molecular weight excluding hydrogens is 172 g/mol. The highest BCUT2D eigenvalue weighted by Crippen LogP contribution is 2.06. The molecule has 1 rings (SSSR count). The molecule has 44 valence electrons. The zero-order chi connectivity index (χ0) is 5.82. The number of halogens is 1. The van der Waals surface area contributed by atoms with Crippen molar-refractivity contribution in [3.63, 3.8) is 0 Å². The van der Waals surface area contributed by atoms with Crippen LogP contribution in [0.4, 0.5) is 0 Å². The first-order valence-corrected chi connectivity index (χ1v) is 3.28. The molecule has 0 aromatic heterocycles. The van der Waals surface area contributed by atoms with Crippen LogP contribution in [-0.4, -0.2) is 5.33 Å². The van der Waals surface area contributed by atoms with Crippen LogP contribution in [0.25, 0.3) is 0 Å². The van der Waals surface area contributed by atoms with Crippen molar-refractivity contribution < 1.29 is 9.47 Å². The number of ether oxygens (including phenoxy) is 2. The molecule has 1 aliphatic heterocycles. The molecular formula is C5H5BrO2. The van der Waals surface area contributed by atoms with E-state index in [1.807, 2.05) is 0 Å². The van der Waals surface area contributed by atoms with Crippen LogP contribution in [0, 0.1) is 0 Å². The van der Waals surface area contributed by atoms with Crippen molar-refractivity contribution in [2.45, 2.75) is 0 Å². The van der Waals surface area contributed by atoms with Gasteiger partial charge in [0.25, 0.3) is 0 Å². The first-order chi connectivity index (χ1) is 3.93. The predicted octanol–water partition coefficient (Wildman–Crippen LogP) is 1.74. The average Bonchev–Trinajstić information content (AvgIpc) is 1.90. The molecule has 0 radical (unpaired) electrons. The van der Waals surface area contributed by atoms with Crippen molar-refractivity contribution in [3.05, 3.63) is 24.5 Å². The fourth-order valence-electron chi connectivity index (χ4n) is 0.353. The van der Waals surface area contributed by atoms with E-state index in [9.17, 15) is 0 Å². The highest BCUT2D eigenvalue weighted by atomic mass is 79.9. The van der Waals surface area contributed by atoms with Crippen LogP contribution in [0.5, 0.6) is 0 Å². The van der Waals surface area contributed by atoms with Gasteiger partial charge in [0.05, 0.1) is 5.33 Å². The summed E-state index contributed by atoms with van der Waals surface area (Å²) in [5, 5.41) is 0.692. The second-order valence-electron chi connectivity index (χ2n) is 1.24. The van der Waals surface area contributed by atoms with Crippen LogP contribution >= 0.6 is 15.9 Å². The van der Waals surface area contributed by atoms with Gasteiger partial charge in [0, 0.05) is 0 Å². The van der Waals surface area contributed by atoms with Gasteiger partial charge in [-0.15, -0.1) is 0 Å². The van der Waals surface area contributed by atoms with Crippen LogP contribution in [0.1, 0.15) is 0 Å². The average molecular weight is 177 g/mol. The molecule has 0 aromatic carbocycles. The Hall–Kier alpha value is -0.440. The van der Waals surface area contributed by atoms with Gasteiger partial charge in [0.15, 0.2) is 0 Å². The molecule has 0 aliphatic carbocycles. The Morgan fingerprint density at radius 1 is 1.50 bits per heavy atom. The standard InChI is InChI=1S/C5H5BrO2/c6-3-5-4-7-1-2-8-5/h1-2,4H,3H2. The summed E-state index contributed by atoms with van der Waals surface area (Å²) in [4.78, 5) is 0. The molecule has 8 heavy (non-hydrogen) atoms. The molecule has 1 aliphatic rings.